The van der Waals surface area contributed by atoms with Crippen molar-refractivity contribution in [1.82, 2.24) is 0 Å². The van der Waals surface area contributed by atoms with Gasteiger partial charge in [-0.1, -0.05) is 22.0 Å². The highest BCUT2D eigenvalue weighted by Gasteiger charge is 2.11. The molecule has 0 aliphatic carbocycles. The predicted octanol–water partition coefficient (Wildman–Crippen LogP) is 4.40. The number of hydrogen-bond acceptors (Lipinski definition) is 2. The van der Waals surface area contributed by atoms with E-state index in [-0.39, 0.29) is 5.76 Å². The van der Waals surface area contributed by atoms with Gasteiger partial charge in [-0.25, -0.2) is 0 Å². The first-order chi connectivity index (χ1) is 7.58. The number of carbonyl (C=O) groups is 1. The number of halogens is 2. The van der Waals surface area contributed by atoms with Crippen LogP contribution in [0.2, 0.25) is 0 Å². The van der Waals surface area contributed by atoms with Gasteiger partial charge in [-0.2, -0.15) is 0 Å². The van der Waals surface area contributed by atoms with E-state index in [1.165, 1.54) is 0 Å². The lowest BCUT2D eigenvalue weighted by Gasteiger charge is -2.01. The van der Waals surface area contributed by atoms with E-state index in [9.17, 15) is 4.79 Å². The zero-order valence-electron chi connectivity index (χ0n) is 8.46. The molecule has 16 heavy (non-hydrogen) atoms. The van der Waals surface area contributed by atoms with Crippen LogP contribution in [0.1, 0.15) is 16.1 Å². The summed E-state index contributed by atoms with van der Waals surface area (Å²) in [5.41, 5.74) is 2.05. The van der Waals surface area contributed by atoms with Crippen LogP contribution in [0.3, 0.4) is 0 Å². The van der Waals surface area contributed by atoms with Crippen LogP contribution in [-0.2, 0) is 0 Å². The summed E-state index contributed by atoms with van der Waals surface area (Å²) in [7, 11) is 0. The number of hydrogen-bond donors (Lipinski definition) is 0. The molecule has 0 aliphatic heterocycles. The molecular formula is C12H8BrClO2. The second kappa shape index (κ2) is 4.44. The molecular weight excluding hydrogens is 291 g/mol. The molecule has 4 heteroatoms. The van der Waals surface area contributed by atoms with Gasteiger partial charge < -0.3 is 4.42 Å². The van der Waals surface area contributed by atoms with Crippen molar-refractivity contribution in [3.8, 4) is 11.3 Å². The van der Waals surface area contributed by atoms with Crippen LogP contribution in [-0.4, -0.2) is 5.24 Å². The highest BCUT2D eigenvalue weighted by atomic mass is 79.9. The van der Waals surface area contributed by atoms with Crippen LogP contribution >= 0.6 is 27.5 Å². The van der Waals surface area contributed by atoms with Gasteiger partial charge >= 0.3 is 0 Å². The van der Waals surface area contributed by atoms with Gasteiger partial charge in [-0.05, 0) is 48.4 Å². The van der Waals surface area contributed by atoms with Crippen LogP contribution < -0.4 is 0 Å². The molecule has 0 saturated carbocycles. The average molecular weight is 300 g/mol. The van der Waals surface area contributed by atoms with Crippen molar-refractivity contribution in [2.24, 2.45) is 0 Å². The fraction of sp³-hybridized carbons (Fsp3) is 0.0833. The Balaban J connectivity index is 2.46. The standard InChI is InChI=1S/C12H8BrClO2/c1-7-2-3-8(9(13)6-7)10-4-5-11(16-10)12(14)15/h2-6H,1H3. The zero-order chi connectivity index (χ0) is 11.7. The number of benzene rings is 1. The summed E-state index contributed by atoms with van der Waals surface area (Å²) in [5, 5.41) is -0.588. The molecule has 0 amide bonds. The smallest absolute Gasteiger partial charge is 0.287 e. The fourth-order valence-corrected chi connectivity index (χ4v) is 2.20. The third-order valence-corrected chi connectivity index (χ3v) is 3.03. The van der Waals surface area contributed by atoms with Crippen molar-refractivity contribution in [3.05, 3.63) is 46.1 Å². The average Bonchev–Trinajstić information content (AvgIpc) is 2.66. The lowest BCUT2D eigenvalue weighted by atomic mass is 10.1. The third kappa shape index (κ3) is 2.20. The van der Waals surface area contributed by atoms with Gasteiger partial charge in [0.25, 0.3) is 5.24 Å². The van der Waals surface area contributed by atoms with Crippen molar-refractivity contribution in [1.29, 1.82) is 0 Å². The number of aryl methyl sites for hydroxylation is 1. The highest BCUT2D eigenvalue weighted by Crippen LogP contribution is 2.30. The van der Waals surface area contributed by atoms with E-state index in [4.69, 9.17) is 16.0 Å². The Morgan fingerprint density at radius 2 is 2.06 bits per heavy atom. The Labute approximate surface area is 106 Å². The maximum atomic E-state index is 10.9. The van der Waals surface area contributed by atoms with Crippen molar-refractivity contribution >= 4 is 32.8 Å². The Bertz CT molecular complexity index is 546. The summed E-state index contributed by atoms with van der Waals surface area (Å²) < 4.78 is 6.27. The molecule has 0 bridgehead atoms. The fourth-order valence-electron chi connectivity index (χ4n) is 1.41. The van der Waals surface area contributed by atoms with E-state index in [1.54, 1.807) is 12.1 Å². The molecule has 82 valence electrons. The molecule has 1 aromatic carbocycles. The molecule has 0 aliphatic rings. The Morgan fingerprint density at radius 3 is 2.62 bits per heavy atom. The lowest BCUT2D eigenvalue weighted by molar-refractivity contribution is 0.105. The van der Waals surface area contributed by atoms with E-state index in [0.29, 0.717) is 5.76 Å². The molecule has 1 aromatic heterocycles. The first kappa shape index (κ1) is 11.4. The monoisotopic (exact) mass is 298 g/mol. The SMILES string of the molecule is Cc1ccc(-c2ccc(C(=O)Cl)o2)c(Br)c1. The van der Waals surface area contributed by atoms with Gasteiger partial charge in [0.05, 0.1) is 0 Å². The van der Waals surface area contributed by atoms with Gasteiger partial charge in [-0.3, -0.25) is 4.79 Å². The minimum Gasteiger partial charge on any atom is -0.452 e. The van der Waals surface area contributed by atoms with E-state index in [0.717, 1.165) is 15.6 Å². The summed E-state index contributed by atoms with van der Waals surface area (Å²) >= 11 is 8.78. The molecule has 0 saturated heterocycles. The largest absolute Gasteiger partial charge is 0.452 e. The van der Waals surface area contributed by atoms with Crippen LogP contribution in [0.5, 0.6) is 0 Å². The van der Waals surface area contributed by atoms with Crippen LogP contribution in [0.25, 0.3) is 11.3 Å². The summed E-state index contributed by atoms with van der Waals surface area (Å²) in [5.74, 6) is 0.778. The molecule has 2 aromatic rings. The molecule has 0 spiro atoms. The van der Waals surface area contributed by atoms with Crippen LogP contribution in [0.15, 0.2) is 39.2 Å². The van der Waals surface area contributed by atoms with Crippen molar-refractivity contribution < 1.29 is 9.21 Å². The molecule has 0 fully saturated rings. The number of carbonyl (C=O) groups excluding carboxylic acids is 1. The first-order valence-electron chi connectivity index (χ1n) is 4.64. The summed E-state index contributed by atoms with van der Waals surface area (Å²) in [6, 6.07) is 9.19. The maximum absolute atomic E-state index is 10.9. The van der Waals surface area contributed by atoms with Gasteiger partial charge in [0.15, 0.2) is 5.76 Å². The second-order valence-corrected chi connectivity index (χ2v) is 4.62. The number of rotatable bonds is 2. The quantitative estimate of drug-likeness (QED) is 0.770. The molecule has 2 nitrogen and oxygen atoms in total. The summed E-state index contributed by atoms with van der Waals surface area (Å²) in [4.78, 5) is 10.9. The molecule has 0 N–H and O–H groups in total. The summed E-state index contributed by atoms with van der Waals surface area (Å²) in [6.45, 7) is 2.00. The van der Waals surface area contributed by atoms with Gasteiger partial charge in [0.1, 0.15) is 5.76 Å². The second-order valence-electron chi connectivity index (χ2n) is 3.42. The Morgan fingerprint density at radius 1 is 1.31 bits per heavy atom. The molecule has 0 unspecified atom stereocenters. The van der Waals surface area contributed by atoms with Gasteiger partial charge in [0, 0.05) is 10.0 Å². The van der Waals surface area contributed by atoms with Gasteiger partial charge in [0.2, 0.25) is 0 Å². The minimum atomic E-state index is -0.588. The highest BCUT2D eigenvalue weighted by molar-refractivity contribution is 9.10. The minimum absolute atomic E-state index is 0.157. The maximum Gasteiger partial charge on any atom is 0.287 e. The predicted molar refractivity (Wildman–Crippen MR) is 66.8 cm³/mol. The van der Waals surface area contributed by atoms with Crippen molar-refractivity contribution in [2.75, 3.05) is 0 Å². The summed E-state index contributed by atoms with van der Waals surface area (Å²) in [6.07, 6.45) is 0. The molecule has 2 rings (SSSR count). The van der Waals surface area contributed by atoms with E-state index in [1.807, 2.05) is 25.1 Å². The number of furan rings is 1. The van der Waals surface area contributed by atoms with Crippen LogP contribution in [0, 0.1) is 6.92 Å². The zero-order valence-corrected chi connectivity index (χ0v) is 10.8. The van der Waals surface area contributed by atoms with E-state index < -0.39 is 5.24 Å². The normalized spacial score (nSPS) is 10.4. The van der Waals surface area contributed by atoms with E-state index >= 15 is 0 Å². The first-order valence-corrected chi connectivity index (χ1v) is 5.81. The van der Waals surface area contributed by atoms with E-state index in [2.05, 4.69) is 15.9 Å². The molecule has 0 radical (unpaired) electrons. The Hall–Kier alpha value is -1.06. The van der Waals surface area contributed by atoms with Crippen molar-refractivity contribution in [2.45, 2.75) is 6.92 Å². The van der Waals surface area contributed by atoms with Gasteiger partial charge in [-0.15, -0.1) is 0 Å². The molecule has 1 heterocycles. The lowest BCUT2D eigenvalue weighted by Crippen LogP contribution is -1.82. The van der Waals surface area contributed by atoms with Crippen LogP contribution in [0.4, 0.5) is 0 Å². The topological polar surface area (TPSA) is 30.2 Å². The Kier molecular flexibility index (Phi) is 3.17. The molecule has 0 atom stereocenters. The van der Waals surface area contributed by atoms with Crippen molar-refractivity contribution in [3.63, 3.8) is 0 Å². The third-order valence-electron chi connectivity index (χ3n) is 2.19.